The van der Waals surface area contributed by atoms with E-state index >= 15 is 0 Å². The van der Waals surface area contributed by atoms with Crippen LogP contribution in [0, 0.1) is 0 Å². The summed E-state index contributed by atoms with van der Waals surface area (Å²) in [7, 11) is 0. The van der Waals surface area contributed by atoms with E-state index in [1.165, 1.54) is 24.3 Å². The fourth-order valence-corrected chi connectivity index (χ4v) is 1.57. The smallest absolute Gasteiger partial charge is 0.406 e. The fourth-order valence-electron chi connectivity index (χ4n) is 1.57. The van der Waals surface area contributed by atoms with E-state index in [1.54, 1.807) is 6.92 Å². The lowest BCUT2D eigenvalue weighted by molar-refractivity contribution is -0.274. The number of ether oxygens (including phenoxy) is 1. The Labute approximate surface area is 108 Å². The van der Waals surface area contributed by atoms with E-state index in [0.717, 1.165) is 5.56 Å². The summed E-state index contributed by atoms with van der Waals surface area (Å²) in [5.74, 6) is -0.288. The molecule has 1 rings (SSSR count). The van der Waals surface area contributed by atoms with Crippen LogP contribution in [0.15, 0.2) is 24.3 Å². The SMILES string of the molecule is CC(NC(CO)CO)c1ccc(OC(F)(F)F)cc1. The van der Waals surface area contributed by atoms with Gasteiger partial charge in [0, 0.05) is 6.04 Å². The van der Waals surface area contributed by atoms with Crippen LogP contribution in [0.4, 0.5) is 13.2 Å². The van der Waals surface area contributed by atoms with Gasteiger partial charge in [-0.15, -0.1) is 13.2 Å². The van der Waals surface area contributed by atoms with Gasteiger partial charge >= 0.3 is 6.36 Å². The van der Waals surface area contributed by atoms with Crippen molar-refractivity contribution in [3.8, 4) is 5.75 Å². The van der Waals surface area contributed by atoms with Gasteiger partial charge in [0.05, 0.1) is 19.3 Å². The Morgan fingerprint density at radius 1 is 1.16 bits per heavy atom. The van der Waals surface area contributed by atoms with Crippen molar-refractivity contribution in [3.05, 3.63) is 29.8 Å². The number of aliphatic hydroxyl groups is 2. The minimum atomic E-state index is -4.70. The highest BCUT2D eigenvalue weighted by molar-refractivity contribution is 5.29. The Bertz CT molecular complexity index is 377. The summed E-state index contributed by atoms with van der Waals surface area (Å²) in [5.41, 5.74) is 0.724. The maximum absolute atomic E-state index is 12.0. The molecule has 108 valence electrons. The Kier molecular flexibility index (Phi) is 5.59. The van der Waals surface area contributed by atoms with Crippen molar-refractivity contribution in [2.24, 2.45) is 0 Å². The topological polar surface area (TPSA) is 61.7 Å². The second kappa shape index (κ2) is 6.74. The van der Waals surface area contributed by atoms with Gasteiger partial charge in [-0.3, -0.25) is 0 Å². The maximum atomic E-state index is 12.0. The monoisotopic (exact) mass is 279 g/mol. The molecular formula is C12H16F3NO3. The third-order valence-electron chi connectivity index (χ3n) is 2.54. The first kappa shape index (κ1) is 15.7. The first-order valence-corrected chi connectivity index (χ1v) is 5.69. The van der Waals surface area contributed by atoms with Crippen molar-refractivity contribution in [2.75, 3.05) is 13.2 Å². The predicted molar refractivity (Wildman–Crippen MR) is 62.6 cm³/mol. The van der Waals surface area contributed by atoms with E-state index in [2.05, 4.69) is 10.1 Å². The van der Waals surface area contributed by atoms with Gasteiger partial charge in [0.2, 0.25) is 0 Å². The van der Waals surface area contributed by atoms with Crippen molar-refractivity contribution in [1.82, 2.24) is 5.32 Å². The van der Waals surface area contributed by atoms with Crippen LogP contribution in [0.3, 0.4) is 0 Å². The second-order valence-corrected chi connectivity index (χ2v) is 4.07. The number of alkyl halides is 3. The van der Waals surface area contributed by atoms with Gasteiger partial charge in [-0.05, 0) is 24.6 Å². The largest absolute Gasteiger partial charge is 0.573 e. The van der Waals surface area contributed by atoms with E-state index < -0.39 is 12.4 Å². The molecule has 0 spiro atoms. The van der Waals surface area contributed by atoms with Gasteiger partial charge in [0.25, 0.3) is 0 Å². The number of nitrogens with one attached hydrogen (secondary N) is 1. The summed E-state index contributed by atoms with van der Waals surface area (Å²) >= 11 is 0. The lowest BCUT2D eigenvalue weighted by Crippen LogP contribution is -2.37. The van der Waals surface area contributed by atoms with Gasteiger partial charge in [0.1, 0.15) is 5.75 Å². The number of benzene rings is 1. The standard InChI is InChI=1S/C12H16F3NO3/c1-8(16-10(6-17)7-18)9-2-4-11(5-3-9)19-12(13,14)15/h2-5,8,10,16-18H,6-7H2,1H3. The first-order valence-electron chi connectivity index (χ1n) is 5.69. The fraction of sp³-hybridized carbons (Fsp3) is 0.500. The number of hydrogen-bond acceptors (Lipinski definition) is 4. The number of rotatable bonds is 6. The molecule has 1 atom stereocenters. The molecule has 0 aliphatic heterocycles. The Hall–Kier alpha value is -1.31. The third kappa shape index (κ3) is 5.46. The van der Waals surface area contributed by atoms with E-state index in [4.69, 9.17) is 10.2 Å². The van der Waals surface area contributed by atoms with Crippen LogP contribution in [-0.2, 0) is 0 Å². The zero-order valence-corrected chi connectivity index (χ0v) is 10.3. The van der Waals surface area contributed by atoms with Crippen molar-refractivity contribution in [2.45, 2.75) is 25.4 Å². The molecule has 1 aromatic rings. The molecule has 0 saturated heterocycles. The molecule has 0 fully saturated rings. The number of halogens is 3. The van der Waals surface area contributed by atoms with Crippen LogP contribution in [0.1, 0.15) is 18.5 Å². The summed E-state index contributed by atoms with van der Waals surface area (Å²) in [6.45, 7) is 1.32. The van der Waals surface area contributed by atoms with Crippen LogP contribution in [-0.4, -0.2) is 35.8 Å². The van der Waals surface area contributed by atoms with Crippen LogP contribution in [0.2, 0.25) is 0 Å². The molecule has 1 aromatic carbocycles. The molecule has 7 heteroatoms. The highest BCUT2D eigenvalue weighted by Crippen LogP contribution is 2.24. The summed E-state index contributed by atoms with van der Waals surface area (Å²) < 4.78 is 39.7. The van der Waals surface area contributed by atoms with Crippen LogP contribution in [0.5, 0.6) is 5.75 Å². The lowest BCUT2D eigenvalue weighted by Gasteiger charge is -2.20. The molecule has 1 unspecified atom stereocenters. The Morgan fingerprint density at radius 2 is 1.68 bits per heavy atom. The quantitative estimate of drug-likeness (QED) is 0.740. The summed E-state index contributed by atoms with van der Waals surface area (Å²) in [4.78, 5) is 0. The summed E-state index contributed by atoms with van der Waals surface area (Å²) in [5, 5.41) is 20.8. The molecule has 4 nitrogen and oxygen atoms in total. The molecule has 0 aliphatic rings. The normalized spacial score (nSPS) is 13.6. The van der Waals surface area contributed by atoms with Gasteiger partial charge in [-0.1, -0.05) is 12.1 Å². The Balaban J connectivity index is 2.65. The van der Waals surface area contributed by atoms with Crippen molar-refractivity contribution in [3.63, 3.8) is 0 Å². The molecule has 3 N–H and O–H groups in total. The van der Waals surface area contributed by atoms with Crippen LogP contribution < -0.4 is 10.1 Å². The van der Waals surface area contributed by atoms with Crippen LogP contribution >= 0.6 is 0 Å². The van der Waals surface area contributed by atoms with Gasteiger partial charge in [0.15, 0.2) is 0 Å². The predicted octanol–water partition coefficient (Wildman–Crippen LogP) is 1.59. The summed E-state index contributed by atoms with van der Waals surface area (Å²) in [6, 6.07) is 4.72. The average molecular weight is 279 g/mol. The van der Waals surface area contributed by atoms with E-state index in [0.29, 0.717) is 0 Å². The second-order valence-electron chi connectivity index (χ2n) is 4.07. The zero-order chi connectivity index (χ0) is 14.5. The van der Waals surface area contributed by atoms with Crippen molar-refractivity contribution >= 4 is 0 Å². The van der Waals surface area contributed by atoms with Crippen molar-refractivity contribution < 1.29 is 28.1 Å². The minimum absolute atomic E-state index is 0.218. The van der Waals surface area contributed by atoms with Gasteiger partial charge in [-0.2, -0.15) is 0 Å². The average Bonchev–Trinajstić information content (AvgIpc) is 2.34. The van der Waals surface area contributed by atoms with E-state index in [9.17, 15) is 13.2 Å². The first-order chi connectivity index (χ1) is 8.85. The molecular weight excluding hydrogens is 263 g/mol. The zero-order valence-electron chi connectivity index (χ0n) is 10.3. The van der Waals surface area contributed by atoms with Crippen molar-refractivity contribution in [1.29, 1.82) is 0 Å². The maximum Gasteiger partial charge on any atom is 0.573 e. The van der Waals surface area contributed by atoms with E-state index in [-0.39, 0.29) is 25.0 Å². The van der Waals surface area contributed by atoms with Crippen LogP contribution in [0.25, 0.3) is 0 Å². The number of hydrogen-bond donors (Lipinski definition) is 3. The Morgan fingerprint density at radius 3 is 2.11 bits per heavy atom. The number of aliphatic hydroxyl groups excluding tert-OH is 2. The molecule has 0 saturated carbocycles. The molecule has 0 aliphatic carbocycles. The molecule has 0 amide bonds. The molecule has 19 heavy (non-hydrogen) atoms. The molecule has 0 heterocycles. The van der Waals surface area contributed by atoms with E-state index in [1.807, 2.05) is 0 Å². The summed E-state index contributed by atoms with van der Waals surface area (Å²) in [6.07, 6.45) is -4.70. The van der Waals surface area contributed by atoms with Gasteiger partial charge in [-0.25, -0.2) is 0 Å². The molecule has 0 aromatic heterocycles. The van der Waals surface area contributed by atoms with Gasteiger partial charge < -0.3 is 20.3 Å². The highest BCUT2D eigenvalue weighted by Gasteiger charge is 2.31. The molecule has 0 bridgehead atoms. The minimum Gasteiger partial charge on any atom is -0.406 e. The molecule has 0 radical (unpaired) electrons. The lowest BCUT2D eigenvalue weighted by atomic mass is 10.1. The highest BCUT2D eigenvalue weighted by atomic mass is 19.4. The third-order valence-corrected chi connectivity index (χ3v) is 2.54.